The first-order valence-electron chi connectivity index (χ1n) is 8.21. The van der Waals surface area contributed by atoms with Gasteiger partial charge in [0, 0.05) is 20.2 Å². The van der Waals surface area contributed by atoms with E-state index in [1.54, 1.807) is 0 Å². The summed E-state index contributed by atoms with van der Waals surface area (Å²) in [7, 11) is 0. The fraction of sp³-hybridized carbons (Fsp3) is 0.182. The molecule has 0 unspecified atom stereocenters. The number of hydrogen-bond acceptors (Lipinski definition) is 1. The van der Waals surface area contributed by atoms with E-state index in [0.29, 0.717) is 5.92 Å². The van der Waals surface area contributed by atoms with Crippen molar-refractivity contribution in [2.75, 3.05) is 0 Å². The second kappa shape index (κ2) is 5.82. The second-order valence-corrected chi connectivity index (χ2v) is 7.69. The van der Waals surface area contributed by atoms with Gasteiger partial charge in [0.05, 0.1) is 0 Å². The number of fused-ring (bicyclic) bond motifs is 3. The van der Waals surface area contributed by atoms with Crippen LogP contribution >= 0.6 is 11.3 Å². The molecule has 0 aliphatic carbocycles. The maximum atomic E-state index is 2.35. The van der Waals surface area contributed by atoms with Crippen molar-refractivity contribution < 1.29 is 0 Å². The van der Waals surface area contributed by atoms with Gasteiger partial charge >= 0.3 is 0 Å². The highest BCUT2D eigenvalue weighted by molar-refractivity contribution is 7.25. The molecular formula is C22H20S. The monoisotopic (exact) mass is 316 g/mol. The summed E-state index contributed by atoms with van der Waals surface area (Å²) < 4.78 is 2.74. The Hall–Kier alpha value is -2.12. The third kappa shape index (κ3) is 2.77. The molecule has 4 aromatic rings. The van der Waals surface area contributed by atoms with Crippen LogP contribution in [0.25, 0.3) is 31.3 Å². The van der Waals surface area contributed by atoms with E-state index in [1.807, 2.05) is 11.3 Å². The lowest BCUT2D eigenvalue weighted by Gasteiger charge is -2.08. The van der Waals surface area contributed by atoms with Gasteiger partial charge in [-0.25, -0.2) is 0 Å². The molecule has 0 nitrogen and oxygen atoms in total. The number of benzene rings is 3. The predicted molar refractivity (Wildman–Crippen MR) is 103 cm³/mol. The van der Waals surface area contributed by atoms with E-state index >= 15 is 0 Å². The zero-order valence-corrected chi connectivity index (χ0v) is 14.4. The third-order valence-electron chi connectivity index (χ3n) is 4.28. The van der Waals surface area contributed by atoms with E-state index in [9.17, 15) is 0 Å². The first-order chi connectivity index (χ1) is 11.2. The highest BCUT2D eigenvalue weighted by Gasteiger charge is 2.07. The van der Waals surface area contributed by atoms with Crippen molar-refractivity contribution in [3.8, 4) is 11.1 Å². The van der Waals surface area contributed by atoms with Gasteiger partial charge in [-0.1, -0.05) is 62.4 Å². The summed E-state index contributed by atoms with van der Waals surface area (Å²) in [5, 5.41) is 2.74. The molecule has 0 radical (unpaired) electrons. The lowest BCUT2D eigenvalue weighted by Crippen LogP contribution is -1.93. The van der Waals surface area contributed by atoms with Gasteiger partial charge in [-0.3, -0.25) is 0 Å². The standard InChI is InChI=1S/C22H20S/c1-15(2)12-16-6-5-7-17(13-16)18-10-11-22-20(14-18)19-8-3-4-9-21(19)23-22/h3-11,13-15H,12H2,1-2H3. The van der Waals surface area contributed by atoms with Crippen molar-refractivity contribution in [2.45, 2.75) is 20.3 Å². The van der Waals surface area contributed by atoms with Crippen molar-refractivity contribution in [1.82, 2.24) is 0 Å². The first kappa shape index (κ1) is 14.5. The average Bonchev–Trinajstić information content (AvgIpc) is 2.92. The first-order valence-corrected chi connectivity index (χ1v) is 9.03. The van der Waals surface area contributed by atoms with Gasteiger partial charge in [0.15, 0.2) is 0 Å². The Kier molecular flexibility index (Phi) is 3.66. The Morgan fingerprint density at radius 3 is 2.39 bits per heavy atom. The maximum Gasteiger partial charge on any atom is 0.0355 e. The van der Waals surface area contributed by atoms with Gasteiger partial charge in [0.1, 0.15) is 0 Å². The molecule has 114 valence electrons. The van der Waals surface area contributed by atoms with Gasteiger partial charge in [-0.15, -0.1) is 11.3 Å². The van der Waals surface area contributed by atoms with Crippen LogP contribution in [-0.2, 0) is 6.42 Å². The molecule has 1 heteroatoms. The quantitative estimate of drug-likeness (QED) is 0.385. The zero-order chi connectivity index (χ0) is 15.8. The Morgan fingerprint density at radius 1 is 0.739 bits per heavy atom. The number of rotatable bonds is 3. The van der Waals surface area contributed by atoms with Crippen molar-refractivity contribution in [2.24, 2.45) is 5.92 Å². The smallest absolute Gasteiger partial charge is 0.0355 e. The maximum absolute atomic E-state index is 2.35. The second-order valence-electron chi connectivity index (χ2n) is 6.61. The molecule has 4 rings (SSSR count). The Morgan fingerprint density at radius 2 is 1.52 bits per heavy atom. The van der Waals surface area contributed by atoms with E-state index in [1.165, 1.54) is 36.9 Å². The van der Waals surface area contributed by atoms with E-state index in [-0.39, 0.29) is 0 Å². The van der Waals surface area contributed by atoms with Crippen molar-refractivity contribution in [1.29, 1.82) is 0 Å². The molecule has 1 aromatic heterocycles. The molecule has 1 heterocycles. The van der Waals surface area contributed by atoms with Crippen LogP contribution in [-0.4, -0.2) is 0 Å². The summed E-state index contributed by atoms with van der Waals surface area (Å²) in [4.78, 5) is 0. The fourth-order valence-corrected chi connectivity index (χ4v) is 4.34. The normalized spacial score (nSPS) is 11.6. The van der Waals surface area contributed by atoms with Crippen LogP contribution in [0.3, 0.4) is 0 Å². The van der Waals surface area contributed by atoms with Crippen molar-refractivity contribution >= 4 is 31.5 Å². The van der Waals surface area contributed by atoms with Crippen LogP contribution in [0.5, 0.6) is 0 Å². The summed E-state index contributed by atoms with van der Waals surface area (Å²) in [5.41, 5.74) is 4.06. The van der Waals surface area contributed by atoms with E-state index in [2.05, 4.69) is 80.6 Å². The zero-order valence-electron chi connectivity index (χ0n) is 13.5. The van der Waals surface area contributed by atoms with Gasteiger partial charge < -0.3 is 0 Å². The average molecular weight is 316 g/mol. The summed E-state index contributed by atoms with van der Waals surface area (Å²) in [6, 6.07) is 24.5. The largest absolute Gasteiger partial charge is 0.135 e. The van der Waals surface area contributed by atoms with Gasteiger partial charge in [0.25, 0.3) is 0 Å². The van der Waals surface area contributed by atoms with Crippen LogP contribution < -0.4 is 0 Å². The van der Waals surface area contributed by atoms with Crippen LogP contribution in [0.2, 0.25) is 0 Å². The SMILES string of the molecule is CC(C)Cc1cccc(-c2ccc3sc4ccccc4c3c2)c1. The summed E-state index contributed by atoms with van der Waals surface area (Å²) in [6.45, 7) is 4.55. The molecule has 0 aliphatic rings. The van der Waals surface area contributed by atoms with Gasteiger partial charge in [-0.2, -0.15) is 0 Å². The molecule has 0 amide bonds. The van der Waals surface area contributed by atoms with E-state index in [4.69, 9.17) is 0 Å². The highest BCUT2D eigenvalue weighted by Crippen LogP contribution is 2.36. The van der Waals surface area contributed by atoms with Gasteiger partial charge in [0.2, 0.25) is 0 Å². The molecule has 0 fully saturated rings. The minimum absolute atomic E-state index is 0.688. The molecule has 23 heavy (non-hydrogen) atoms. The fourth-order valence-electron chi connectivity index (χ4n) is 3.25. The van der Waals surface area contributed by atoms with Crippen LogP contribution in [0.1, 0.15) is 19.4 Å². The van der Waals surface area contributed by atoms with Crippen molar-refractivity contribution in [3.63, 3.8) is 0 Å². The minimum Gasteiger partial charge on any atom is -0.135 e. The Bertz CT molecular complexity index is 976. The molecule has 3 aromatic carbocycles. The molecule has 0 atom stereocenters. The Labute approximate surface area is 141 Å². The highest BCUT2D eigenvalue weighted by atomic mass is 32.1. The number of thiophene rings is 1. The van der Waals surface area contributed by atoms with Crippen LogP contribution in [0.4, 0.5) is 0 Å². The minimum atomic E-state index is 0.688. The molecule has 0 N–H and O–H groups in total. The van der Waals surface area contributed by atoms with E-state index in [0.717, 1.165) is 6.42 Å². The summed E-state index contributed by atoms with van der Waals surface area (Å²) in [6.07, 6.45) is 1.14. The van der Waals surface area contributed by atoms with E-state index < -0.39 is 0 Å². The third-order valence-corrected chi connectivity index (χ3v) is 5.43. The lowest BCUT2D eigenvalue weighted by atomic mass is 9.97. The molecule has 0 spiro atoms. The topological polar surface area (TPSA) is 0 Å². The van der Waals surface area contributed by atoms with Crippen molar-refractivity contribution in [3.05, 3.63) is 72.3 Å². The summed E-state index contributed by atoms with van der Waals surface area (Å²) >= 11 is 1.88. The van der Waals surface area contributed by atoms with Gasteiger partial charge in [-0.05, 0) is 47.2 Å². The molecule has 0 bridgehead atoms. The molecular weight excluding hydrogens is 296 g/mol. The van der Waals surface area contributed by atoms with Crippen LogP contribution in [0.15, 0.2) is 66.7 Å². The molecule has 0 saturated heterocycles. The van der Waals surface area contributed by atoms with Crippen LogP contribution in [0, 0.1) is 5.92 Å². The lowest BCUT2D eigenvalue weighted by molar-refractivity contribution is 0.647. The Balaban J connectivity index is 1.84. The molecule has 0 saturated carbocycles. The summed E-state index contributed by atoms with van der Waals surface area (Å²) in [5.74, 6) is 0.688. The number of hydrogen-bond donors (Lipinski definition) is 0. The predicted octanol–water partition coefficient (Wildman–Crippen LogP) is 6.92. The molecule has 0 aliphatic heterocycles.